The summed E-state index contributed by atoms with van der Waals surface area (Å²) in [6, 6.07) is 5.43. The van der Waals surface area contributed by atoms with Crippen LogP contribution in [0.2, 0.25) is 0 Å². The highest BCUT2D eigenvalue weighted by molar-refractivity contribution is 5.19. The van der Waals surface area contributed by atoms with Crippen molar-refractivity contribution in [1.29, 1.82) is 0 Å². The summed E-state index contributed by atoms with van der Waals surface area (Å²) in [6.45, 7) is 6.74. The van der Waals surface area contributed by atoms with Crippen LogP contribution in [-0.2, 0) is 0 Å². The molecule has 0 saturated carbocycles. The van der Waals surface area contributed by atoms with Crippen molar-refractivity contribution in [3.63, 3.8) is 0 Å². The maximum Gasteiger partial charge on any atom is 0.216 e. The molecule has 0 aliphatic carbocycles. The van der Waals surface area contributed by atoms with Crippen molar-refractivity contribution in [3.05, 3.63) is 18.2 Å². The van der Waals surface area contributed by atoms with Crippen LogP contribution in [0.25, 0.3) is 0 Å². The first-order valence-corrected chi connectivity index (χ1v) is 5.03. The van der Waals surface area contributed by atoms with Gasteiger partial charge in [0.15, 0.2) is 0 Å². The third-order valence-electron chi connectivity index (χ3n) is 1.58. The fraction of sp³-hybridized carbons (Fsp3) is 0.545. The summed E-state index contributed by atoms with van der Waals surface area (Å²) in [7, 11) is 0. The molecule has 0 bridgehead atoms. The first kappa shape index (κ1) is 11.8. The molecule has 0 aliphatic heterocycles. The van der Waals surface area contributed by atoms with Gasteiger partial charge in [0.25, 0.3) is 0 Å². The van der Waals surface area contributed by atoms with Crippen LogP contribution < -0.4 is 15.2 Å². The van der Waals surface area contributed by atoms with Crippen LogP contribution in [0, 0.1) is 0 Å². The van der Waals surface area contributed by atoms with Gasteiger partial charge in [-0.2, -0.15) is 4.98 Å². The monoisotopic (exact) mass is 210 g/mol. The third-order valence-corrected chi connectivity index (χ3v) is 1.58. The molecule has 84 valence electrons. The largest absolute Gasteiger partial charge is 0.478 e. The molecule has 0 aromatic carbocycles. The predicted molar refractivity (Wildman–Crippen MR) is 59.2 cm³/mol. The highest BCUT2D eigenvalue weighted by atomic mass is 16.5. The average molecular weight is 210 g/mol. The Hall–Kier alpha value is -1.29. The molecular formula is C11H18N2O2. The molecule has 1 aromatic rings. The molecule has 15 heavy (non-hydrogen) atoms. The Morgan fingerprint density at radius 3 is 2.40 bits per heavy atom. The maximum absolute atomic E-state index is 5.80. The number of ether oxygens (including phenoxy) is 2. The van der Waals surface area contributed by atoms with Crippen molar-refractivity contribution < 1.29 is 9.47 Å². The molecule has 0 spiro atoms. The standard InChI is InChI=1S/C11H18N2O2/c1-4-14-9-6-5-7-10(13-9)15-8-11(2,3)12/h5-7H,4,8,12H2,1-3H3. The molecule has 0 saturated heterocycles. The molecule has 0 aliphatic rings. The van der Waals surface area contributed by atoms with E-state index in [0.29, 0.717) is 25.0 Å². The predicted octanol–water partition coefficient (Wildman–Crippen LogP) is 1.60. The van der Waals surface area contributed by atoms with Crippen molar-refractivity contribution in [2.45, 2.75) is 26.3 Å². The lowest BCUT2D eigenvalue weighted by Gasteiger charge is -2.18. The first-order chi connectivity index (χ1) is 7.01. The molecule has 4 heteroatoms. The third kappa shape index (κ3) is 4.65. The van der Waals surface area contributed by atoms with E-state index in [1.807, 2.05) is 26.8 Å². The molecule has 0 amide bonds. The van der Waals surface area contributed by atoms with Crippen LogP contribution >= 0.6 is 0 Å². The number of nitrogens with zero attached hydrogens (tertiary/aromatic N) is 1. The molecule has 1 aromatic heterocycles. The molecular weight excluding hydrogens is 192 g/mol. The zero-order valence-electron chi connectivity index (χ0n) is 9.49. The Kier molecular flexibility index (Phi) is 3.91. The molecule has 1 rings (SSSR count). The van der Waals surface area contributed by atoms with Gasteiger partial charge in [-0.3, -0.25) is 0 Å². The minimum atomic E-state index is -0.358. The van der Waals surface area contributed by atoms with E-state index in [1.54, 1.807) is 12.1 Å². The van der Waals surface area contributed by atoms with Crippen molar-refractivity contribution >= 4 is 0 Å². The van der Waals surface area contributed by atoms with Gasteiger partial charge < -0.3 is 15.2 Å². The summed E-state index contributed by atoms with van der Waals surface area (Å²) in [5.41, 5.74) is 5.44. The van der Waals surface area contributed by atoms with Crippen LogP contribution in [-0.4, -0.2) is 23.7 Å². The summed E-state index contributed by atoms with van der Waals surface area (Å²) < 4.78 is 10.7. The normalized spacial score (nSPS) is 11.2. The SMILES string of the molecule is CCOc1cccc(OCC(C)(C)N)n1. The Labute approximate surface area is 90.4 Å². The van der Waals surface area contributed by atoms with Gasteiger partial charge in [0, 0.05) is 17.7 Å². The second-order valence-corrected chi connectivity index (χ2v) is 4.02. The van der Waals surface area contributed by atoms with E-state index in [2.05, 4.69) is 4.98 Å². The van der Waals surface area contributed by atoms with Crippen LogP contribution in [0.3, 0.4) is 0 Å². The van der Waals surface area contributed by atoms with Gasteiger partial charge in [0.1, 0.15) is 6.61 Å². The van der Waals surface area contributed by atoms with Crippen LogP contribution in [0.1, 0.15) is 20.8 Å². The van der Waals surface area contributed by atoms with E-state index in [4.69, 9.17) is 15.2 Å². The minimum Gasteiger partial charge on any atom is -0.478 e. The Balaban J connectivity index is 2.57. The van der Waals surface area contributed by atoms with Gasteiger partial charge in [0.05, 0.1) is 6.61 Å². The molecule has 2 N–H and O–H groups in total. The number of nitrogens with two attached hydrogens (primary N) is 1. The summed E-state index contributed by atoms with van der Waals surface area (Å²) in [5, 5.41) is 0. The lowest BCUT2D eigenvalue weighted by molar-refractivity contribution is 0.230. The second kappa shape index (κ2) is 4.98. The summed E-state index contributed by atoms with van der Waals surface area (Å²) in [4.78, 5) is 4.17. The highest BCUT2D eigenvalue weighted by Crippen LogP contribution is 2.14. The summed E-state index contributed by atoms with van der Waals surface area (Å²) in [6.07, 6.45) is 0. The van der Waals surface area contributed by atoms with E-state index < -0.39 is 0 Å². The molecule has 0 unspecified atom stereocenters. The average Bonchev–Trinajstić information content (AvgIpc) is 2.15. The second-order valence-electron chi connectivity index (χ2n) is 4.02. The Bertz CT molecular complexity index is 308. The van der Waals surface area contributed by atoms with Crippen molar-refractivity contribution in [3.8, 4) is 11.8 Å². The van der Waals surface area contributed by atoms with Gasteiger partial charge in [-0.15, -0.1) is 0 Å². The van der Waals surface area contributed by atoms with E-state index in [-0.39, 0.29) is 5.54 Å². The van der Waals surface area contributed by atoms with Gasteiger partial charge in [-0.1, -0.05) is 6.07 Å². The minimum absolute atomic E-state index is 0.358. The first-order valence-electron chi connectivity index (χ1n) is 5.03. The van der Waals surface area contributed by atoms with Crippen LogP contribution in [0.15, 0.2) is 18.2 Å². The van der Waals surface area contributed by atoms with E-state index in [9.17, 15) is 0 Å². The topological polar surface area (TPSA) is 57.4 Å². The number of hydrogen-bond donors (Lipinski definition) is 1. The number of aromatic nitrogens is 1. The van der Waals surface area contributed by atoms with E-state index in [0.717, 1.165) is 0 Å². The van der Waals surface area contributed by atoms with Gasteiger partial charge in [0.2, 0.25) is 11.8 Å². The molecule has 4 nitrogen and oxygen atoms in total. The zero-order chi connectivity index (χ0) is 11.3. The van der Waals surface area contributed by atoms with E-state index in [1.165, 1.54) is 0 Å². The molecule has 1 heterocycles. The fourth-order valence-corrected chi connectivity index (χ4v) is 0.964. The Morgan fingerprint density at radius 1 is 1.27 bits per heavy atom. The summed E-state index contributed by atoms with van der Waals surface area (Å²) >= 11 is 0. The maximum atomic E-state index is 5.80. The van der Waals surface area contributed by atoms with Gasteiger partial charge in [-0.25, -0.2) is 0 Å². The smallest absolute Gasteiger partial charge is 0.216 e. The Morgan fingerprint density at radius 2 is 1.87 bits per heavy atom. The molecule has 0 atom stereocenters. The van der Waals surface area contributed by atoms with Crippen LogP contribution in [0.4, 0.5) is 0 Å². The zero-order valence-corrected chi connectivity index (χ0v) is 9.49. The summed E-state index contributed by atoms with van der Waals surface area (Å²) in [5.74, 6) is 1.12. The lowest BCUT2D eigenvalue weighted by Crippen LogP contribution is -2.38. The highest BCUT2D eigenvalue weighted by Gasteiger charge is 2.11. The fourth-order valence-electron chi connectivity index (χ4n) is 0.964. The number of pyridine rings is 1. The van der Waals surface area contributed by atoms with Gasteiger partial charge in [-0.05, 0) is 20.8 Å². The van der Waals surface area contributed by atoms with Crippen molar-refractivity contribution in [2.75, 3.05) is 13.2 Å². The quantitative estimate of drug-likeness (QED) is 0.802. The van der Waals surface area contributed by atoms with Crippen molar-refractivity contribution in [1.82, 2.24) is 4.98 Å². The lowest BCUT2D eigenvalue weighted by atomic mass is 10.1. The number of rotatable bonds is 5. The van der Waals surface area contributed by atoms with Crippen LogP contribution in [0.5, 0.6) is 11.8 Å². The molecule has 0 radical (unpaired) electrons. The number of hydrogen-bond acceptors (Lipinski definition) is 4. The van der Waals surface area contributed by atoms with Crippen molar-refractivity contribution in [2.24, 2.45) is 5.73 Å². The van der Waals surface area contributed by atoms with Gasteiger partial charge >= 0.3 is 0 Å². The molecule has 0 fully saturated rings. The van der Waals surface area contributed by atoms with E-state index >= 15 is 0 Å².